The van der Waals surface area contributed by atoms with Gasteiger partial charge in [0.05, 0.1) is 18.8 Å². The second kappa shape index (κ2) is 8.03. The zero-order valence-corrected chi connectivity index (χ0v) is 11.5. The number of ether oxygens (including phenoxy) is 1. The fourth-order valence-corrected chi connectivity index (χ4v) is 2.13. The van der Waals surface area contributed by atoms with Crippen LogP contribution in [-0.4, -0.2) is 61.0 Å². The maximum absolute atomic E-state index is 9.68. The van der Waals surface area contributed by atoms with Gasteiger partial charge < -0.3 is 15.2 Å². The van der Waals surface area contributed by atoms with Gasteiger partial charge in [0.25, 0.3) is 0 Å². The van der Waals surface area contributed by atoms with Crippen molar-refractivity contribution in [3.8, 4) is 0 Å². The molecule has 0 aromatic carbocycles. The molecular formula is C13H28N2O2. The number of likely N-dealkylation sites (tertiary alicyclic amines) is 1. The summed E-state index contributed by atoms with van der Waals surface area (Å²) in [5.41, 5.74) is 0. The maximum atomic E-state index is 9.68. The first-order chi connectivity index (χ1) is 8.09. The summed E-state index contributed by atoms with van der Waals surface area (Å²) in [7, 11) is 0. The Hall–Kier alpha value is -0.160. The summed E-state index contributed by atoms with van der Waals surface area (Å²) >= 11 is 0. The molecule has 2 unspecified atom stereocenters. The average Bonchev–Trinajstić information content (AvgIpc) is 2.79. The Morgan fingerprint density at radius 3 is 2.41 bits per heavy atom. The molecule has 102 valence electrons. The lowest BCUT2D eigenvalue weighted by Crippen LogP contribution is -2.41. The Bertz CT molecular complexity index is 194. The zero-order chi connectivity index (χ0) is 12.7. The van der Waals surface area contributed by atoms with Crippen molar-refractivity contribution < 1.29 is 9.84 Å². The van der Waals surface area contributed by atoms with Gasteiger partial charge in [-0.2, -0.15) is 0 Å². The van der Waals surface area contributed by atoms with Gasteiger partial charge >= 0.3 is 0 Å². The lowest BCUT2D eigenvalue weighted by molar-refractivity contribution is 0.00599. The van der Waals surface area contributed by atoms with E-state index in [1.807, 2.05) is 13.8 Å². The molecular weight excluding hydrogens is 216 g/mol. The Kier molecular flexibility index (Phi) is 7.04. The van der Waals surface area contributed by atoms with Crippen molar-refractivity contribution in [3.63, 3.8) is 0 Å². The van der Waals surface area contributed by atoms with E-state index < -0.39 is 6.10 Å². The second-order valence-corrected chi connectivity index (χ2v) is 5.29. The highest BCUT2D eigenvalue weighted by Crippen LogP contribution is 2.10. The van der Waals surface area contributed by atoms with Gasteiger partial charge in [-0.25, -0.2) is 0 Å². The molecule has 0 aromatic heterocycles. The Morgan fingerprint density at radius 1 is 1.18 bits per heavy atom. The van der Waals surface area contributed by atoms with Crippen LogP contribution in [-0.2, 0) is 4.74 Å². The zero-order valence-electron chi connectivity index (χ0n) is 11.5. The van der Waals surface area contributed by atoms with Crippen molar-refractivity contribution in [3.05, 3.63) is 0 Å². The summed E-state index contributed by atoms with van der Waals surface area (Å²) in [5.74, 6) is 0. The van der Waals surface area contributed by atoms with Crippen LogP contribution in [0.3, 0.4) is 0 Å². The van der Waals surface area contributed by atoms with E-state index in [0.29, 0.717) is 19.2 Å². The van der Waals surface area contributed by atoms with E-state index in [2.05, 4.69) is 17.1 Å². The molecule has 1 rings (SSSR count). The molecule has 0 spiro atoms. The molecule has 17 heavy (non-hydrogen) atoms. The van der Waals surface area contributed by atoms with Gasteiger partial charge in [0, 0.05) is 19.1 Å². The fraction of sp³-hybridized carbons (Fsp3) is 1.00. The van der Waals surface area contributed by atoms with Crippen molar-refractivity contribution in [1.82, 2.24) is 10.2 Å². The third kappa shape index (κ3) is 6.36. The number of hydrogen-bond donors (Lipinski definition) is 2. The SMILES string of the molecule is CC(C)OCC(O)CNCC(C)N1CCCC1. The first-order valence-electron chi connectivity index (χ1n) is 6.84. The monoisotopic (exact) mass is 244 g/mol. The molecule has 1 saturated heterocycles. The number of aliphatic hydroxyl groups is 1. The third-order valence-electron chi connectivity index (χ3n) is 3.21. The molecule has 1 aliphatic heterocycles. The minimum atomic E-state index is -0.400. The molecule has 4 nitrogen and oxygen atoms in total. The van der Waals surface area contributed by atoms with E-state index in [1.54, 1.807) is 0 Å². The topological polar surface area (TPSA) is 44.7 Å². The van der Waals surface area contributed by atoms with E-state index in [1.165, 1.54) is 25.9 Å². The van der Waals surface area contributed by atoms with E-state index in [0.717, 1.165) is 6.54 Å². The van der Waals surface area contributed by atoms with Gasteiger partial charge in [0.1, 0.15) is 0 Å². The van der Waals surface area contributed by atoms with Crippen molar-refractivity contribution in [2.45, 2.75) is 51.9 Å². The molecule has 2 atom stereocenters. The molecule has 0 bridgehead atoms. The maximum Gasteiger partial charge on any atom is 0.0897 e. The minimum Gasteiger partial charge on any atom is -0.389 e. The first kappa shape index (κ1) is 14.9. The van der Waals surface area contributed by atoms with Crippen LogP contribution in [0.2, 0.25) is 0 Å². The van der Waals surface area contributed by atoms with Crippen LogP contribution in [0.25, 0.3) is 0 Å². The molecule has 0 amide bonds. The number of nitrogens with one attached hydrogen (secondary N) is 1. The normalized spacial score (nSPS) is 21.0. The van der Waals surface area contributed by atoms with Crippen LogP contribution < -0.4 is 5.32 Å². The smallest absolute Gasteiger partial charge is 0.0897 e. The largest absolute Gasteiger partial charge is 0.389 e. The van der Waals surface area contributed by atoms with Crippen LogP contribution in [0.5, 0.6) is 0 Å². The molecule has 0 radical (unpaired) electrons. The van der Waals surface area contributed by atoms with Crippen molar-refractivity contribution in [2.75, 3.05) is 32.8 Å². The number of hydrogen-bond acceptors (Lipinski definition) is 4. The highest BCUT2D eigenvalue weighted by atomic mass is 16.5. The van der Waals surface area contributed by atoms with Crippen LogP contribution >= 0.6 is 0 Å². The average molecular weight is 244 g/mol. The van der Waals surface area contributed by atoms with Crippen molar-refractivity contribution in [1.29, 1.82) is 0 Å². The van der Waals surface area contributed by atoms with E-state index in [4.69, 9.17) is 4.74 Å². The molecule has 0 aliphatic carbocycles. The summed E-state index contributed by atoms with van der Waals surface area (Å²) in [6.07, 6.45) is 2.45. The second-order valence-electron chi connectivity index (χ2n) is 5.29. The molecule has 1 fully saturated rings. The molecule has 1 aliphatic rings. The lowest BCUT2D eigenvalue weighted by atomic mass is 10.3. The quantitative estimate of drug-likeness (QED) is 0.664. The number of nitrogens with zero attached hydrogens (tertiary/aromatic N) is 1. The highest BCUT2D eigenvalue weighted by Gasteiger charge is 2.17. The van der Waals surface area contributed by atoms with Gasteiger partial charge in [-0.1, -0.05) is 0 Å². The molecule has 0 saturated carbocycles. The van der Waals surface area contributed by atoms with Gasteiger partial charge in [-0.3, -0.25) is 4.90 Å². The standard InChI is InChI=1S/C13H28N2O2/c1-11(2)17-10-13(16)9-14-8-12(3)15-6-4-5-7-15/h11-14,16H,4-10H2,1-3H3. The fourth-order valence-electron chi connectivity index (χ4n) is 2.13. The highest BCUT2D eigenvalue weighted by molar-refractivity contribution is 4.75. The lowest BCUT2D eigenvalue weighted by Gasteiger charge is -2.24. The Labute approximate surface area is 105 Å². The Balaban J connectivity index is 2.02. The van der Waals surface area contributed by atoms with Gasteiger partial charge in [-0.05, 0) is 46.7 Å². The van der Waals surface area contributed by atoms with Crippen LogP contribution in [0, 0.1) is 0 Å². The Morgan fingerprint density at radius 2 is 1.82 bits per heavy atom. The molecule has 0 aromatic rings. The van der Waals surface area contributed by atoms with Crippen molar-refractivity contribution >= 4 is 0 Å². The van der Waals surface area contributed by atoms with Gasteiger partial charge in [0.15, 0.2) is 0 Å². The van der Waals surface area contributed by atoms with Crippen LogP contribution in [0.4, 0.5) is 0 Å². The van der Waals surface area contributed by atoms with Gasteiger partial charge in [-0.15, -0.1) is 0 Å². The molecule has 2 N–H and O–H groups in total. The van der Waals surface area contributed by atoms with Crippen molar-refractivity contribution in [2.24, 2.45) is 0 Å². The third-order valence-corrected chi connectivity index (χ3v) is 3.21. The summed E-state index contributed by atoms with van der Waals surface area (Å²) in [5, 5.41) is 13.0. The predicted octanol–water partition coefficient (Wildman–Crippen LogP) is 0.846. The summed E-state index contributed by atoms with van der Waals surface area (Å²) in [6, 6.07) is 0.565. The summed E-state index contributed by atoms with van der Waals surface area (Å²) < 4.78 is 5.36. The molecule has 1 heterocycles. The van der Waals surface area contributed by atoms with E-state index in [9.17, 15) is 5.11 Å². The number of rotatable bonds is 8. The van der Waals surface area contributed by atoms with Gasteiger partial charge in [0.2, 0.25) is 0 Å². The van der Waals surface area contributed by atoms with Crippen LogP contribution in [0.1, 0.15) is 33.6 Å². The van der Waals surface area contributed by atoms with E-state index >= 15 is 0 Å². The van der Waals surface area contributed by atoms with E-state index in [-0.39, 0.29) is 6.10 Å². The predicted molar refractivity (Wildman–Crippen MR) is 70.2 cm³/mol. The summed E-state index contributed by atoms with van der Waals surface area (Å²) in [6.45, 7) is 10.6. The number of aliphatic hydroxyl groups excluding tert-OH is 1. The first-order valence-corrected chi connectivity index (χ1v) is 6.84. The minimum absolute atomic E-state index is 0.188. The molecule has 4 heteroatoms. The van der Waals surface area contributed by atoms with Crippen LogP contribution in [0.15, 0.2) is 0 Å². The summed E-state index contributed by atoms with van der Waals surface area (Å²) in [4.78, 5) is 2.50.